The predicted octanol–water partition coefficient (Wildman–Crippen LogP) is 2.55. The molecule has 10 heavy (non-hydrogen) atoms. The monoisotopic (exact) mass is 180 g/mol. The van der Waals surface area contributed by atoms with E-state index >= 15 is 0 Å². The summed E-state index contributed by atoms with van der Waals surface area (Å²) >= 11 is 10.9. The molecule has 0 saturated heterocycles. The van der Waals surface area contributed by atoms with E-state index in [0.717, 1.165) is 5.57 Å². The van der Waals surface area contributed by atoms with Crippen LogP contribution < -0.4 is 0 Å². The highest BCUT2D eigenvalue weighted by molar-refractivity contribution is 6.29. The Morgan fingerprint density at radius 2 is 1.90 bits per heavy atom. The maximum absolute atomic E-state index is 5.43. The van der Waals surface area contributed by atoms with Crippen LogP contribution in [-0.2, 0) is 4.74 Å². The topological polar surface area (TPSA) is 9.23 Å². The highest BCUT2D eigenvalue weighted by atomic mass is 35.5. The third-order valence-electron chi connectivity index (χ3n) is 0.754. The van der Waals surface area contributed by atoms with E-state index in [9.17, 15) is 0 Å². The lowest BCUT2D eigenvalue weighted by Crippen LogP contribution is -1.99. The van der Waals surface area contributed by atoms with E-state index in [4.69, 9.17) is 27.9 Å². The van der Waals surface area contributed by atoms with Gasteiger partial charge in [-0.1, -0.05) is 24.8 Å². The fourth-order valence-electron chi connectivity index (χ4n) is 0.345. The Morgan fingerprint density at radius 1 is 1.30 bits per heavy atom. The third-order valence-corrected chi connectivity index (χ3v) is 1.24. The minimum atomic E-state index is 0.359. The van der Waals surface area contributed by atoms with Crippen molar-refractivity contribution in [2.24, 2.45) is 0 Å². The first-order valence-corrected chi connectivity index (χ1v) is 3.71. The Balaban J connectivity index is 3.20. The van der Waals surface area contributed by atoms with Gasteiger partial charge in [-0.25, -0.2) is 0 Å². The molecule has 1 nitrogen and oxygen atoms in total. The van der Waals surface area contributed by atoms with Crippen molar-refractivity contribution in [1.82, 2.24) is 0 Å². The zero-order valence-corrected chi connectivity index (χ0v) is 7.21. The summed E-state index contributed by atoms with van der Waals surface area (Å²) in [5.41, 5.74) is 0.847. The van der Waals surface area contributed by atoms with Crippen LogP contribution in [0.25, 0.3) is 0 Å². The smallest absolute Gasteiger partial charge is 0.0821 e. The molecule has 0 saturated carbocycles. The second-order valence-electron chi connectivity index (χ2n) is 1.89. The molecule has 0 aromatic carbocycles. The summed E-state index contributed by atoms with van der Waals surface area (Å²) in [6.45, 7) is 7.91. The molecule has 0 aliphatic rings. The Bertz CT molecular complexity index is 132. The summed E-state index contributed by atoms with van der Waals surface area (Å²) in [7, 11) is 0. The molecule has 0 rings (SSSR count). The van der Waals surface area contributed by atoms with Gasteiger partial charge in [0, 0.05) is 10.9 Å². The fraction of sp³-hybridized carbons (Fsp3) is 0.429. The van der Waals surface area contributed by atoms with Gasteiger partial charge in [0.2, 0.25) is 0 Å². The lowest BCUT2D eigenvalue weighted by atomic mass is 10.4. The van der Waals surface area contributed by atoms with Crippen LogP contribution in [-0.4, -0.2) is 19.1 Å². The van der Waals surface area contributed by atoms with E-state index in [0.29, 0.717) is 24.1 Å². The first-order chi connectivity index (χ1) is 4.66. The average molecular weight is 181 g/mol. The van der Waals surface area contributed by atoms with E-state index in [1.807, 2.05) is 0 Å². The van der Waals surface area contributed by atoms with Crippen molar-refractivity contribution in [2.45, 2.75) is 0 Å². The number of hydrogen-bond donors (Lipinski definition) is 0. The van der Waals surface area contributed by atoms with E-state index in [-0.39, 0.29) is 0 Å². The zero-order chi connectivity index (χ0) is 7.98. The van der Waals surface area contributed by atoms with Crippen molar-refractivity contribution < 1.29 is 4.74 Å². The van der Waals surface area contributed by atoms with Gasteiger partial charge in [-0.05, 0) is 5.57 Å². The van der Waals surface area contributed by atoms with Crippen molar-refractivity contribution in [2.75, 3.05) is 19.1 Å². The largest absolute Gasteiger partial charge is 0.372 e. The van der Waals surface area contributed by atoms with Crippen LogP contribution in [0, 0.1) is 0 Å². The lowest BCUT2D eigenvalue weighted by Gasteiger charge is -2.01. The maximum Gasteiger partial charge on any atom is 0.0821 e. The minimum Gasteiger partial charge on any atom is -0.372 e. The van der Waals surface area contributed by atoms with Crippen LogP contribution in [0.1, 0.15) is 0 Å². The second kappa shape index (κ2) is 5.78. The molecule has 0 fully saturated rings. The molecule has 0 aliphatic heterocycles. The second-order valence-corrected chi connectivity index (χ2v) is 2.70. The highest BCUT2D eigenvalue weighted by Crippen LogP contribution is 1.99. The fourth-order valence-corrected chi connectivity index (χ4v) is 0.499. The molecule has 0 heterocycles. The molecule has 58 valence electrons. The van der Waals surface area contributed by atoms with Crippen LogP contribution >= 0.6 is 23.2 Å². The van der Waals surface area contributed by atoms with Gasteiger partial charge >= 0.3 is 0 Å². The van der Waals surface area contributed by atoms with Gasteiger partial charge in [0.05, 0.1) is 13.2 Å². The van der Waals surface area contributed by atoms with Crippen molar-refractivity contribution in [3.05, 3.63) is 23.8 Å². The molecule has 0 spiro atoms. The number of hydrogen-bond acceptors (Lipinski definition) is 1. The van der Waals surface area contributed by atoms with E-state index in [2.05, 4.69) is 13.2 Å². The lowest BCUT2D eigenvalue weighted by molar-refractivity contribution is 0.185. The standard InChI is InChI=1S/C7H10Cl2O/c1-6(3-8)4-10-5-7(2)9/h1-5H2. The van der Waals surface area contributed by atoms with Crippen molar-refractivity contribution in [3.8, 4) is 0 Å². The van der Waals surface area contributed by atoms with Crippen molar-refractivity contribution in [3.63, 3.8) is 0 Å². The zero-order valence-electron chi connectivity index (χ0n) is 5.70. The van der Waals surface area contributed by atoms with Crippen LogP contribution in [0.4, 0.5) is 0 Å². The number of rotatable bonds is 5. The van der Waals surface area contributed by atoms with Crippen LogP contribution in [0.2, 0.25) is 0 Å². The van der Waals surface area contributed by atoms with Gasteiger partial charge in [0.1, 0.15) is 0 Å². The molecule has 0 N–H and O–H groups in total. The van der Waals surface area contributed by atoms with Gasteiger partial charge in [-0.15, -0.1) is 11.6 Å². The summed E-state index contributed by atoms with van der Waals surface area (Å²) in [6.07, 6.45) is 0. The molecule has 0 atom stereocenters. The average Bonchev–Trinajstić information content (AvgIpc) is 1.87. The number of alkyl halides is 1. The number of halogens is 2. The summed E-state index contributed by atoms with van der Waals surface area (Å²) in [6, 6.07) is 0. The van der Waals surface area contributed by atoms with Gasteiger partial charge < -0.3 is 4.74 Å². The van der Waals surface area contributed by atoms with Crippen LogP contribution in [0.5, 0.6) is 0 Å². The van der Waals surface area contributed by atoms with Crippen molar-refractivity contribution in [1.29, 1.82) is 0 Å². The van der Waals surface area contributed by atoms with Gasteiger partial charge in [0.25, 0.3) is 0 Å². The Kier molecular flexibility index (Phi) is 5.79. The molecule has 0 amide bonds. The summed E-state index contributed by atoms with van der Waals surface area (Å²) in [5.74, 6) is 0.425. The minimum absolute atomic E-state index is 0.359. The Morgan fingerprint density at radius 3 is 2.30 bits per heavy atom. The molecule has 0 aliphatic carbocycles. The summed E-state index contributed by atoms with van der Waals surface area (Å²) in [5, 5.41) is 0.488. The molecule has 0 aromatic rings. The highest BCUT2D eigenvalue weighted by Gasteiger charge is 1.92. The van der Waals surface area contributed by atoms with Gasteiger partial charge in [-0.3, -0.25) is 0 Å². The van der Waals surface area contributed by atoms with E-state index < -0.39 is 0 Å². The molecule has 0 unspecified atom stereocenters. The first kappa shape index (κ1) is 10.0. The maximum atomic E-state index is 5.43. The van der Waals surface area contributed by atoms with Crippen LogP contribution in [0.3, 0.4) is 0 Å². The molecule has 0 radical (unpaired) electrons. The molecule has 0 bridgehead atoms. The van der Waals surface area contributed by atoms with E-state index in [1.165, 1.54) is 0 Å². The molecule has 3 heteroatoms. The van der Waals surface area contributed by atoms with Gasteiger partial charge in [0.15, 0.2) is 0 Å². The summed E-state index contributed by atoms with van der Waals surface area (Å²) < 4.78 is 5.03. The first-order valence-electron chi connectivity index (χ1n) is 2.80. The van der Waals surface area contributed by atoms with Gasteiger partial charge in [-0.2, -0.15) is 0 Å². The van der Waals surface area contributed by atoms with E-state index in [1.54, 1.807) is 0 Å². The predicted molar refractivity (Wildman–Crippen MR) is 45.7 cm³/mol. The van der Waals surface area contributed by atoms with Crippen LogP contribution in [0.15, 0.2) is 23.8 Å². The Hall–Kier alpha value is 0.0200. The summed E-state index contributed by atoms with van der Waals surface area (Å²) in [4.78, 5) is 0. The Labute approximate surface area is 71.3 Å². The molecular formula is C7H10Cl2O. The molecule has 0 aromatic heterocycles. The normalized spacial score (nSPS) is 9.40. The quantitative estimate of drug-likeness (QED) is 0.467. The van der Waals surface area contributed by atoms with Crippen molar-refractivity contribution >= 4 is 23.2 Å². The molecular weight excluding hydrogens is 171 g/mol. The number of ether oxygens (including phenoxy) is 1. The third kappa shape index (κ3) is 6.14. The SMILES string of the molecule is C=C(Cl)COCC(=C)CCl.